The first-order chi connectivity index (χ1) is 6.07. The van der Waals surface area contributed by atoms with Crippen LogP contribution in [0, 0.1) is 0 Å². The summed E-state index contributed by atoms with van der Waals surface area (Å²) in [5, 5.41) is 20.9. The first-order valence-electron chi connectivity index (χ1n) is 3.30. The predicted molar refractivity (Wildman–Crippen MR) is 39.4 cm³/mol. The van der Waals surface area contributed by atoms with Crippen LogP contribution >= 0.6 is 0 Å². The van der Waals surface area contributed by atoms with Crippen LogP contribution in [0.15, 0.2) is 9.59 Å². The number of nitrogens with one attached hydrogen (secondary N) is 2. The number of H-pyrrole nitrogens is 2. The molecule has 1 unspecified atom stereocenters. The van der Waals surface area contributed by atoms with Crippen molar-refractivity contribution in [3.05, 3.63) is 21.0 Å². The van der Waals surface area contributed by atoms with Crippen LogP contribution in [-0.2, 0) is 4.79 Å². The van der Waals surface area contributed by atoms with Gasteiger partial charge in [0.25, 0.3) is 0 Å². The van der Waals surface area contributed by atoms with E-state index in [0.29, 0.717) is 4.57 Å². The van der Waals surface area contributed by atoms with Crippen molar-refractivity contribution in [1.82, 2.24) is 14.8 Å². The molecular formula is C5H7N3O5. The lowest BCUT2D eigenvalue weighted by Gasteiger charge is -2.06. The van der Waals surface area contributed by atoms with Crippen LogP contribution in [0.5, 0.6) is 0 Å². The molecule has 0 bridgehead atoms. The summed E-state index contributed by atoms with van der Waals surface area (Å²) in [7, 11) is 0. The van der Waals surface area contributed by atoms with E-state index in [1.165, 1.54) is 0 Å². The zero-order valence-corrected chi connectivity index (χ0v) is 6.35. The normalized spacial score (nSPS) is 12.7. The zero-order valence-electron chi connectivity index (χ0n) is 6.35. The Morgan fingerprint density at radius 3 is 2.15 bits per heavy atom. The summed E-state index contributed by atoms with van der Waals surface area (Å²) in [6.45, 7) is -0.823. The summed E-state index contributed by atoms with van der Waals surface area (Å²) in [5.74, 6) is -1.45. The smallest absolute Gasteiger partial charge is 0.345 e. The van der Waals surface area contributed by atoms with Crippen LogP contribution in [0.1, 0.15) is 6.04 Å². The second-order valence-corrected chi connectivity index (χ2v) is 2.27. The Morgan fingerprint density at radius 2 is 1.85 bits per heavy atom. The van der Waals surface area contributed by atoms with E-state index in [4.69, 9.17) is 10.2 Å². The molecule has 0 saturated carbocycles. The molecule has 0 aliphatic rings. The first kappa shape index (κ1) is 9.26. The van der Waals surface area contributed by atoms with Gasteiger partial charge < -0.3 is 10.2 Å². The number of carbonyl (C=O) groups is 1. The lowest BCUT2D eigenvalue weighted by atomic mass is 10.3. The van der Waals surface area contributed by atoms with E-state index in [0.717, 1.165) is 0 Å². The lowest BCUT2D eigenvalue weighted by molar-refractivity contribution is -0.142. The minimum Gasteiger partial charge on any atom is -0.480 e. The number of aromatic nitrogens is 3. The summed E-state index contributed by atoms with van der Waals surface area (Å²) < 4.78 is 0.391. The van der Waals surface area contributed by atoms with Crippen molar-refractivity contribution in [1.29, 1.82) is 0 Å². The predicted octanol–water partition coefficient (Wildman–Crippen LogP) is -2.52. The average molecular weight is 189 g/mol. The molecule has 0 fully saturated rings. The summed E-state index contributed by atoms with van der Waals surface area (Å²) >= 11 is 0. The highest BCUT2D eigenvalue weighted by Crippen LogP contribution is 1.96. The van der Waals surface area contributed by atoms with Gasteiger partial charge in [-0.1, -0.05) is 0 Å². The van der Waals surface area contributed by atoms with Gasteiger partial charge in [0.05, 0.1) is 6.61 Å². The standard InChI is InChI=1S/C5H7N3O5/c9-1-2(3(10)11)8-4(12)6-7-5(8)13/h2,9H,1H2,(H,6,12)(H,7,13)(H,10,11). The van der Waals surface area contributed by atoms with Gasteiger partial charge in [-0.25, -0.2) is 29.1 Å². The van der Waals surface area contributed by atoms with Gasteiger partial charge in [0.1, 0.15) is 0 Å². The van der Waals surface area contributed by atoms with Crippen LogP contribution in [-0.4, -0.2) is 37.6 Å². The molecule has 1 rings (SSSR count). The van der Waals surface area contributed by atoms with E-state index in [1.54, 1.807) is 0 Å². The zero-order chi connectivity index (χ0) is 10.0. The minimum atomic E-state index is -1.55. The third-order valence-corrected chi connectivity index (χ3v) is 1.48. The largest absolute Gasteiger partial charge is 0.480 e. The van der Waals surface area contributed by atoms with Crippen molar-refractivity contribution in [3.63, 3.8) is 0 Å². The van der Waals surface area contributed by atoms with Crippen LogP contribution in [0.3, 0.4) is 0 Å². The first-order valence-corrected chi connectivity index (χ1v) is 3.30. The van der Waals surface area contributed by atoms with E-state index in [1.807, 2.05) is 10.2 Å². The molecular weight excluding hydrogens is 182 g/mol. The molecule has 13 heavy (non-hydrogen) atoms. The van der Waals surface area contributed by atoms with Gasteiger partial charge in [0.2, 0.25) is 0 Å². The number of hydrogen-bond acceptors (Lipinski definition) is 4. The maximum atomic E-state index is 10.8. The summed E-state index contributed by atoms with van der Waals surface area (Å²) in [6, 6.07) is -1.55. The van der Waals surface area contributed by atoms with Gasteiger partial charge in [-0.15, -0.1) is 0 Å². The number of carboxylic acid groups (broad SMARTS) is 1. The van der Waals surface area contributed by atoms with Gasteiger partial charge in [0, 0.05) is 0 Å². The molecule has 0 aliphatic heterocycles. The SMILES string of the molecule is O=C(O)C(CO)n1c(=O)[nH][nH]c1=O. The van der Waals surface area contributed by atoms with Crippen molar-refractivity contribution >= 4 is 5.97 Å². The van der Waals surface area contributed by atoms with E-state index in [-0.39, 0.29) is 0 Å². The topological polar surface area (TPSA) is 128 Å². The quantitative estimate of drug-likeness (QED) is 0.417. The molecule has 0 spiro atoms. The molecule has 1 aromatic rings. The number of nitrogens with zero attached hydrogens (tertiary/aromatic N) is 1. The highest BCUT2D eigenvalue weighted by molar-refractivity contribution is 5.71. The van der Waals surface area contributed by atoms with Crippen LogP contribution in [0.25, 0.3) is 0 Å². The fourth-order valence-corrected chi connectivity index (χ4v) is 0.873. The van der Waals surface area contributed by atoms with Crippen molar-refractivity contribution in [2.45, 2.75) is 6.04 Å². The van der Waals surface area contributed by atoms with Crippen LogP contribution < -0.4 is 11.4 Å². The average Bonchev–Trinajstić information content (AvgIpc) is 2.36. The number of hydrogen-bond donors (Lipinski definition) is 4. The second-order valence-electron chi connectivity index (χ2n) is 2.27. The highest BCUT2D eigenvalue weighted by atomic mass is 16.4. The lowest BCUT2D eigenvalue weighted by Crippen LogP contribution is -2.37. The summed E-state index contributed by atoms with van der Waals surface area (Å²) in [5.41, 5.74) is -1.79. The number of aliphatic hydroxyl groups excluding tert-OH is 1. The number of rotatable bonds is 3. The molecule has 1 atom stereocenters. The molecule has 1 aromatic heterocycles. The third kappa shape index (κ3) is 1.51. The Kier molecular flexibility index (Phi) is 2.33. The molecule has 4 N–H and O–H groups in total. The van der Waals surface area contributed by atoms with Gasteiger partial charge in [-0.2, -0.15) is 0 Å². The van der Waals surface area contributed by atoms with E-state index in [9.17, 15) is 14.4 Å². The van der Waals surface area contributed by atoms with Crippen molar-refractivity contribution < 1.29 is 15.0 Å². The van der Waals surface area contributed by atoms with E-state index in [2.05, 4.69) is 0 Å². The van der Waals surface area contributed by atoms with E-state index < -0.39 is 30.0 Å². The summed E-state index contributed by atoms with van der Waals surface area (Å²) in [6.07, 6.45) is 0. The molecule has 0 radical (unpaired) electrons. The van der Waals surface area contributed by atoms with Gasteiger partial charge in [0.15, 0.2) is 6.04 Å². The van der Waals surface area contributed by atoms with Crippen LogP contribution in [0.4, 0.5) is 0 Å². The van der Waals surface area contributed by atoms with Gasteiger partial charge in [-0.3, -0.25) is 0 Å². The molecule has 0 amide bonds. The molecule has 72 valence electrons. The third-order valence-electron chi connectivity index (χ3n) is 1.48. The minimum absolute atomic E-state index is 0.391. The van der Waals surface area contributed by atoms with Gasteiger partial charge in [-0.05, 0) is 0 Å². The van der Waals surface area contributed by atoms with Crippen molar-refractivity contribution in [3.8, 4) is 0 Å². The van der Waals surface area contributed by atoms with Gasteiger partial charge >= 0.3 is 17.3 Å². The van der Waals surface area contributed by atoms with Crippen LogP contribution in [0.2, 0.25) is 0 Å². The second kappa shape index (κ2) is 3.27. The maximum absolute atomic E-state index is 10.8. The maximum Gasteiger partial charge on any atom is 0.345 e. The molecule has 8 heteroatoms. The van der Waals surface area contributed by atoms with Crippen molar-refractivity contribution in [2.75, 3.05) is 6.61 Å². The highest BCUT2D eigenvalue weighted by Gasteiger charge is 2.22. The number of aliphatic hydroxyl groups is 1. The molecule has 0 aromatic carbocycles. The molecule has 0 saturated heterocycles. The Morgan fingerprint density at radius 1 is 1.38 bits per heavy atom. The number of aromatic amines is 2. The number of carboxylic acids is 1. The Bertz CT molecular complexity index is 385. The summed E-state index contributed by atoms with van der Waals surface area (Å²) in [4.78, 5) is 32.1. The molecule has 8 nitrogen and oxygen atoms in total. The monoisotopic (exact) mass is 189 g/mol. The Balaban J connectivity index is 3.26. The van der Waals surface area contributed by atoms with Crippen molar-refractivity contribution in [2.24, 2.45) is 0 Å². The Hall–Kier alpha value is -1.83. The van der Waals surface area contributed by atoms with E-state index >= 15 is 0 Å². The molecule has 1 heterocycles. The fraction of sp³-hybridized carbons (Fsp3) is 0.400. The Labute approximate surface area is 70.4 Å². The fourth-order valence-electron chi connectivity index (χ4n) is 0.873. The molecule has 0 aliphatic carbocycles. The number of aliphatic carboxylic acids is 1.